The van der Waals surface area contributed by atoms with E-state index in [9.17, 15) is 0 Å². The van der Waals surface area contributed by atoms with Crippen LogP contribution in [0.15, 0.2) is 30.3 Å². The van der Waals surface area contributed by atoms with Gasteiger partial charge in [0.2, 0.25) is 5.95 Å². The molecule has 0 saturated heterocycles. The Balaban J connectivity index is 2.29. The quantitative estimate of drug-likeness (QED) is 0.768. The van der Waals surface area contributed by atoms with Crippen LogP contribution in [0.1, 0.15) is 5.56 Å². The van der Waals surface area contributed by atoms with Gasteiger partial charge in [0, 0.05) is 0 Å². The van der Waals surface area contributed by atoms with Crippen molar-refractivity contribution < 1.29 is 4.74 Å². The molecule has 3 aromatic rings. The van der Waals surface area contributed by atoms with E-state index in [1.54, 1.807) is 19.2 Å². The second-order valence-electron chi connectivity index (χ2n) is 4.71. The molecule has 21 heavy (non-hydrogen) atoms. The van der Waals surface area contributed by atoms with Crippen LogP contribution in [0.2, 0.25) is 10.0 Å². The first-order valence-corrected chi connectivity index (χ1v) is 7.05. The minimum atomic E-state index is 0.386. The van der Waals surface area contributed by atoms with Crippen molar-refractivity contribution in [1.29, 1.82) is 0 Å². The van der Waals surface area contributed by atoms with Gasteiger partial charge in [-0.2, -0.15) is 0 Å². The molecule has 3 rings (SSSR count). The number of hydrogen-bond donors (Lipinski definition) is 1. The number of anilines is 1. The summed E-state index contributed by atoms with van der Waals surface area (Å²) in [4.78, 5) is 4.34. The highest BCUT2D eigenvalue weighted by Gasteiger charge is 2.14. The zero-order valence-electron chi connectivity index (χ0n) is 11.5. The van der Waals surface area contributed by atoms with Crippen LogP contribution in [-0.2, 0) is 0 Å². The van der Waals surface area contributed by atoms with Crippen LogP contribution >= 0.6 is 23.2 Å². The lowest BCUT2D eigenvalue weighted by Gasteiger charge is -2.11. The number of halogens is 2. The Morgan fingerprint density at radius 2 is 1.86 bits per heavy atom. The summed E-state index contributed by atoms with van der Waals surface area (Å²) in [5.41, 5.74) is 9.53. The Morgan fingerprint density at radius 3 is 2.52 bits per heavy atom. The average molecular weight is 322 g/mol. The van der Waals surface area contributed by atoms with Crippen molar-refractivity contribution in [3.05, 3.63) is 45.9 Å². The number of aromatic nitrogens is 2. The number of nitrogens with two attached hydrogens (primary N) is 1. The first kappa shape index (κ1) is 14.0. The maximum atomic E-state index is 6.11. The summed E-state index contributed by atoms with van der Waals surface area (Å²) in [6.45, 7) is 1.99. The molecule has 0 unspecified atom stereocenters. The summed E-state index contributed by atoms with van der Waals surface area (Å²) < 4.78 is 7.08. The average Bonchev–Trinajstić information content (AvgIpc) is 2.75. The van der Waals surface area contributed by atoms with Gasteiger partial charge in [0.05, 0.1) is 33.9 Å². The molecule has 0 aliphatic heterocycles. The number of benzene rings is 2. The largest absolute Gasteiger partial charge is 0.497 e. The van der Waals surface area contributed by atoms with E-state index in [4.69, 9.17) is 33.7 Å². The summed E-state index contributed by atoms with van der Waals surface area (Å²) in [6, 6.07) is 9.24. The normalized spacial score (nSPS) is 11.0. The molecule has 0 bridgehead atoms. The van der Waals surface area contributed by atoms with Gasteiger partial charge in [0.15, 0.2) is 0 Å². The summed E-state index contributed by atoms with van der Waals surface area (Å²) in [5.74, 6) is 1.18. The zero-order chi connectivity index (χ0) is 15.1. The van der Waals surface area contributed by atoms with Crippen LogP contribution in [0.25, 0.3) is 16.7 Å². The number of rotatable bonds is 2. The van der Waals surface area contributed by atoms with Crippen molar-refractivity contribution in [1.82, 2.24) is 9.55 Å². The maximum absolute atomic E-state index is 6.11. The van der Waals surface area contributed by atoms with E-state index in [0.29, 0.717) is 21.5 Å². The zero-order valence-corrected chi connectivity index (χ0v) is 13.0. The van der Waals surface area contributed by atoms with Crippen molar-refractivity contribution in [3.8, 4) is 11.4 Å². The molecule has 108 valence electrons. The number of aryl methyl sites for hydroxylation is 1. The molecule has 0 aliphatic carbocycles. The minimum Gasteiger partial charge on any atom is -0.497 e. The third-order valence-electron chi connectivity index (χ3n) is 3.37. The molecule has 0 atom stereocenters. The molecular formula is C15H13Cl2N3O. The van der Waals surface area contributed by atoms with E-state index in [1.165, 1.54) is 0 Å². The van der Waals surface area contributed by atoms with Crippen LogP contribution in [-0.4, -0.2) is 16.7 Å². The van der Waals surface area contributed by atoms with Crippen LogP contribution in [0, 0.1) is 6.92 Å². The second kappa shape index (κ2) is 5.13. The van der Waals surface area contributed by atoms with Crippen LogP contribution in [0.3, 0.4) is 0 Å². The summed E-state index contributed by atoms with van der Waals surface area (Å²) in [6.07, 6.45) is 0. The molecule has 0 radical (unpaired) electrons. The van der Waals surface area contributed by atoms with Gasteiger partial charge in [0.1, 0.15) is 5.75 Å². The van der Waals surface area contributed by atoms with Gasteiger partial charge in [-0.25, -0.2) is 4.98 Å². The third kappa shape index (κ3) is 2.30. The van der Waals surface area contributed by atoms with Gasteiger partial charge in [-0.3, -0.25) is 4.57 Å². The highest BCUT2D eigenvalue weighted by Crippen LogP contribution is 2.32. The SMILES string of the molecule is COc1ccc(-n2c(N)nc3cc(Cl)c(Cl)cc32)c(C)c1. The molecule has 2 aromatic carbocycles. The van der Waals surface area contributed by atoms with Crippen LogP contribution in [0.5, 0.6) is 5.75 Å². The van der Waals surface area contributed by atoms with Gasteiger partial charge in [-0.05, 0) is 42.8 Å². The van der Waals surface area contributed by atoms with E-state index < -0.39 is 0 Å². The molecule has 6 heteroatoms. The van der Waals surface area contributed by atoms with E-state index in [-0.39, 0.29) is 0 Å². The van der Waals surface area contributed by atoms with E-state index in [0.717, 1.165) is 22.5 Å². The monoisotopic (exact) mass is 321 g/mol. The van der Waals surface area contributed by atoms with Crippen molar-refractivity contribution in [2.75, 3.05) is 12.8 Å². The standard InChI is InChI=1S/C15H13Cl2N3O/c1-8-5-9(21-2)3-4-13(8)20-14-7-11(17)10(16)6-12(14)19-15(20)18/h3-7H,1-2H3,(H2,18,19). The highest BCUT2D eigenvalue weighted by atomic mass is 35.5. The van der Waals surface area contributed by atoms with Crippen molar-refractivity contribution >= 4 is 40.2 Å². The highest BCUT2D eigenvalue weighted by molar-refractivity contribution is 6.42. The van der Waals surface area contributed by atoms with E-state index >= 15 is 0 Å². The summed E-state index contributed by atoms with van der Waals surface area (Å²) in [7, 11) is 1.64. The predicted octanol–water partition coefficient (Wildman–Crippen LogP) is 4.23. The molecule has 4 nitrogen and oxygen atoms in total. The fourth-order valence-electron chi connectivity index (χ4n) is 2.35. The Morgan fingerprint density at radius 1 is 1.14 bits per heavy atom. The van der Waals surface area contributed by atoms with Gasteiger partial charge in [-0.15, -0.1) is 0 Å². The molecular weight excluding hydrogens is 309 g/mol. The molecule has 0 fully saturated rings. The van der Waals surface area contributed by atoms with Crippen molar-refractivity contribution in [2.24, 2.45) is 0 Å². The number of fused-ring (bicyclic) bond motifs is 1. The summed E-state index contributed by atoms with van der Waals surface area (Å²) >= 11 is 12.1. The lowest BCUT2D eigenvalue weighted by Crippen LogP contribution is -2.02. The van der Waals surface area contributed by atoms with E-state index in [2.05, 4.69) is 4.98 Å². The Hall–Kier alpha value is -1.91. The number of hydrogen-bond acceptors (Lipinski definition) is 3. The van der Waals surface area contributed by atoms with Gasteiger partial charge < -0.3 is 10.5 Å². The predicted molar refractivity (Wildman–Crippen MR) is 86.8 cm³/mol. The van der Waals surface area contributed by atoms with Crippen molar-refractivity contribution in [2.45, 2.75) is 6.92 Å². The number of nitrogen functional groups attached to an aromatic ring is 1. The first-order valence-electron chi connectivity index (χ1n) is 6.29. The molecule has 0 amide bonds. The van der Waals surface area contributed by atoms with E-state index in [1.807, 2.05) is 29.7 Å². The third-order valence-corrected chi connectivity index (χ3v) is 4.09. The fourth-order valence-corrected chi connectivity index (χ4v) is 2.67. The molecule has 0 saturated carbocycles. The number of ether oxygens (including phenoxy) is 1. The number of methoxy groups -OCH3 is 1. The number of nitrogens with zero attached hydrogens (tertiary/aromatic N) is 2. The molecule has 1 aromatic heterocycles. The van der Waals surface area contributed by atoms with Gasteiger partial charge >= 0.3 is 0 Å². The summed E-state index contributed by atoms with van der Waals surface area (Å²) in [5, 5.41) is 0.928. The first-order chi connectivity index (χ1) is 10.0. The fraction of sp³-hybridized carbons (Fsp3) is 0.133. The molecule has 1 heterocycles. The van der Waals surface area contributed by atoms with Gasteiger partial charge in [0.25, 0.3) is 0 Å². The topological polar surface area (TPSA) is 53.1 Å². The minimum absolute atomic E-state index is 0.386. The number of imidazole rings is 1. The van der Waals surface area contributed by atoms with Crippen LogP contribution < -0.4 is 10.5 Å². The van der Waals surface area contributed by atoms with Gasteiger partial charge in [-0.1, -0.05) is 23.2 Å². The maximum Gasteiger partial charge on any atom is 0.205 e. The molecule has 2 N–H and O–H groups in total. The lowest BCUT2D eigenvalue weighted by atomic mass is 10.2. The Labute approximate surface area is 132 Å². The lowest BCUT2D eigenvalue weighted by molar-refractivity contribution is 0.414. The molecule has 0 spiro atoms. The molecule has 0 aliphatic rings. The van der Waals surface area contributed by atoms with Crippen molar-refractivity contribution in [3.63, 3.8) is 0 Å². The Bertz CT molecular complexity index is 843. The Kier molecular flexibility index (Phi) is 3.43. The second-order valence-corrected chi connectivity index (χ2v) is 5.53. The van der Waals surface area contributed by atoms with Crippen LogP contribution in [0.4, 0.5) is 5.95 Å². The smallest absolute Gasteiger partial charge is 0.205 e.